The van der Waals surface area contributed by atoms with Crippen molar-refractivity contribution in [2.24, 2.45) is 16.3 Å². The standard InChI is InChI=1S/C11H19N3O3/c12-9(14-16)11(4-1-5-11)10(15)13-8-2-6-17-7-3-8/h8,16H,1-7H2,(H2,12,14)(H,13,15). The maximum atomic E-state index is 12.2. The Balaban J connectivity index is 1.98. The van der Waals surface area contributed by atoms with Crippen molar-refractivity contribution < 1.29 is 14.7 Å². The summed E-state index contributed by atoms with van der Waals surface area (Å²) in [4.78, 5) is 12.2. The van der Waals surface area contributed by atoms with Crippen molar-refractivity contribution in [1.82, 2.24) is 5.32 Å². The van der Waals surface area contributed by atoms with Crippen molar-refractivity contribution >= 4 is 11.7 Å². The molecule has 0 aromatic carbocycles. The van der Waals surface area contributed by atoms with E-state index in [1.54, 1.807) is 0 Å². The maximum absolute atomic E-state index is 12.2. The summed E-state index contributed by atoms with van der Waals surface area (Å²) in [7, 11) is 0. The molecule has 0 radical (unpaired) electrons. The molecule has 1 saturated heterocycles. The second kappa shape index (κ2) is 4.91. The third-order valence-corrected chi connectivity index (χ3v) is 3.80. The number of hydrogen-bond acceptors (Lipinski definition) is 4. The van der Waals surface area contributed by atoms with Gasteiger partial charge < -0.3 is 21.0 Å². The van der Waals surface area contributed by atoms with Crippen LogP contribution in [0.1, 0.15) is 32.1 Å². The zero-order valence-electron chi connectivity index (χ0n) is 9.82. The molecule has 2 aliphatic rings. The van der Waals surface area contributed by atoms with Gasteiger partial charge in [0.1, 0.15) is 5.41 Å². The Hall–Kier alpha value is -1.30. The highest BCUT2D eigenvalue weighted by molar-refractivity contribution is 6.07. The van der Waals surface area contributed by atoms with Crippen molar-refractivity contribution in [1.29, 1.82) is 0 Å². The highest BCUT2D eigenvalue weighted by atomic mass is 16.5. The Kier molecular flexibility index (Phi) is 3.51. The molecule has 0 spiro atoms. The number of oxime groups is 1. The molecule has 2 rings (SSSR count). The number of nitrogens with two attached hydrogens (primary N) is 1. The number of amides is 1. The molecule has 6 nitrogen and oxygen atoms in total. The third kappa shape index (κ3) is 2.22. The molecule has 17 heavy (non-hydrogen) atoms. The topological polar surface area (TPSA) is 96.9 Å². The average molecular weight is 241 g/mol. The van der Waals surface area contributed by atoms with Gasteiger partial charge in [-0.05, 0) is 25.7 Å². The minimum Gasteiger partial charge on any atom is -0.409 e. The van der Waals surface area contributed by atoms with E-state index in [9.17, 15) is 4.79 Å². The van der Waals surface area contributed by atoms with Gasteiger partial charge in [0, 0.05) is 19.3 Å². The molecule has 0 aromatic heterocycles. The number of carbonyl (C=O) groups is 1. The zero-order valence-corrected chi connectivity index (χ0v) is 9.82. The fourth-order valence-corrected chi connectivity index (χ4v) is 2.39. The molecule has 0 atom stereocenters. The molecule has 0 aromatic rings. The van der Waals surface area contributed by atoms with Gasteiger partial charge in [0.25, 0.3) is 0 Å². The second-order valence-electron chi connectivity index (χ2n) is 4.78. The number of nitrogens with one attached hydrogen (secondary N) is 1. The zero-order chi connectivity index (χ0) is 12.3. The monoisotopic (exact) mass is 241 g/mol. The summed E-state index contributed by atoms with van der Waals surface area (Å²) in [5, 5.41) is 14.7. The van der Waals surface area contributed by atoms with Crippen LogP contribution in [0.2, 0.25) is 0 Å². The first-order chi connectivity index (χ1) is 8.19. The molecule has 1 saturated carbocycles. The molecule has 1 aliphatic carbocycles. The van der Waals surface area contributed by atoms with Crippen LogP contribution in [0.3, 0.4) is 0 Å². The molecule has 0 bridgehead atoms. The largest absolute Gasteiger partial charge is 0.409 e. The fraction of sp³-hybridized carbons (Fsp3) is 0.818. The van der Waals surface area contributed by atoms with Gasteiger partial charge in [0.05, 0.1) is 0 Å². The first-order valence-electron chi connectivity index (χ1n) is 6.06. The first kappa shape index (κ1) is 12.2. The van der Waals surface area contributed by atoms with Crippen LogP contribution < -0.4 is 11.1 Å². The Morgan fingerprint density at radius 2 is 2.06 bits per heavy atom. The summed E-state index contributed by atoms with van der Waals surface area (Å²) >= 11 is 0. The normalized spacial score (nSPS) is 25.1. The molecule has 2 fully saturated rings. The van der Waals surface area contributed by atoms with Crippen LogP contribution in [-0.2, 0) is 9.53 Å². The molecule has 4 N–H and O–H groups in total. The number of ether oxygens (including phenoxy) is 1. The quantitative estimate of drug-likeness (QED) is 0.284. The Morgan fingerprint density at radius 1 is 1.41 bits per heavy atom. The van der Waals surface area contributed by atoms with Crippen LogP contribution in [0.4, 0.5) is 0 Å². The van der Waals surface area contributed by atoms with E-state index in [1.807, 2.05) is 0 Å². The predicted molar refractivity (Wildman–Crippen MR) is 61.7 cm³/mol. The van der Waals surface area contributed by atoms with Gasteiger partial charge in [-0.15, -0.1) is 0 Å². The van der Waals surface area contributed by atoms with E-state index < -0.39 is 5.41 Å². The van der Waals surface area contributed by atoms with Gasteiger partial charge in [0.2, 0.25) is 5.91 Å². The van der Waals surface area contributed by atoms with E-state index in [0.717, 1.165) is 19.3 Å². The number of rotatable bonds is 3. The highest BCUT2D eigenvalue weighted by Gasteiger charge is 2.48. The number of amidine groups is 1. The molecule has 96 valence electrons. The Morgan fingerprint density at radius 3 is 2.53 bits per heavy atom. The van der Waals surface area contributed by atoms with Crippen LogP contribution in [0.15, 0.2) is 5.16 Å². The van der Waals surface area contributed by atoms with E-state index in [1.165, 1.54) is 0 Å². The maximum Gasteiger partial charge on any atom is 0.234 e. The van der Waals surface area contributed by atoms with Crippen LogP contribution in [0.25, 0.3) is 0 Å². The fourth-order valence-electron chi connectivity index (χ4n) is 2.39. The van der Waals surface area contributed by atoms with Gasteiger partial charge in [0.15, 0.2) is 5.84 Å². The first-order valence-corrected chi connectivity index (χ1v) is 6.06. The molecule has 1 amide bonds. The average Bonchev–Trinajstić information content (AvgIpc) is 2.28. The summed E-state index contributed by atoms with van der Waals surface area (Å²) in [5.74, 6) is -0.0701. The second-order valence-corrected chi connectivity index (χ2v) is 4.78. The summed E-state index contributed by atoms with van der Waals surface area (Å²) < 4.78 is 5.24. The lowest BCUT2D eigenvalue weighted by Crippen LogP contribution is -2.56. The van der Waals surface area contributed by atoms with Gasteiger partial charge in [-0.2, -0.15) is 0 Å². The van der Waals surface area contributed by atoms with E-state index in [4.69, 9.17) is 15.7 Å². The van der Waals surface area contributed by atoms with Crippen LogP contribution in [0, 0.1) is 5.41 Å². The number of carbonyl (C=O) groups excluding carboxylic acids is 1. The van der Waals surface area contributed by atoms with Gasteiger partial charge >= 0.3 is 0 Å². The van der Waals surface area contributed by atoms with E-state index in [0.29, 0.717) is 26.1 Å². The lowest BCUT2D eigenvalue weighted by Gasteiger charge is -2.40. The third-order valence-electron chi connectivity index (χ3n) is 3.80. The summed E-state index contributed by atoms with van der Waals surface area (Å²) in [5.41, 5.74) is 4.86. The predicted octanol–water partition coefficient (Wildman–Crippen LogP) is 0.198. The molecule has 1 aliphatic heterocycles. The molecule has 6 heteroatoms. The summed E-state index contributed by atoms with van der Waals surface area (Å²) in [6, 6.07) is 0.153. The van der Waals surface area contributed by atoms with Crippen LogP contribution in [-0.4, -0.2) is 36.2 Å². The van der Waals surface area contributed by atoms with Crippen molar-refractivity contribution in [2.45, 2.75) is 38.1 Å². The van der Waals surface area contributed by atoms with E-state index in [-0.39, 0.29) is 17.8 Å². The molecular weight excluding hydrogens is 222 g/mol. The number of nitrogens with zero attached hydrogens (tertiary/aromatic N) is 1. The number of hydrogen-bond donors (Lipinski definition) is 3. The SMILES string of the molecule is NC(=NO)C1(C(=O)NC2CCOCC2)CCC1. The Bertz CT molecular complexity index is 320. The van der Waals surface area contributed by atoms with Gasteiger partial charge in [-0.1, -0.05) is 11.6 Å². The smallest absolute Gasteiger partial charge is 0.234 e. The van der Waals surface area contributed by atoms with Gasteiger partial charge in [-0.3, -0.25) is 4.79 Å². The minimum absolute atomic E-state index is 0.0355. The molecule has 1 heterocycles. The summed E-state index contributed by atoms with van der Waals surface area (Å²) in [6.45, 7) is 1.36. The van der Waals surface area contributed by atoms with E-state index in [2.05, 4.69) is 10.5 Å². The van der Waals surface area contributed by atoms with Crippen LogP contribution >= 0.6 is 0 Å². The van der Waals surface area contributed by atoms with Crippen LogP contribution in [0.5, 0.6) is 0 Å². The highest BCUT2D eigenvalue weighted by Crippen LogP contribution is 2.41. The van der Waals surface area contributed by atoms with Crippen molar-refractivity contribution in [3.05, 3.63) is 0 Å². The van der Waals surface area contributed by atoms with Crippen molar-refractivity contribution in [2.75, 3.05) is 13.2 Å². The van der Waals surface area contributed by atoms with E-state index >= 15 is 0 Å². The van der Waals surface area contributed by atoms with Gasteiger partial charge in [-0.25, -0.2) is 0 Å². The Labute approximate surface area is 100 Å². The summed E-state index contributed by atoms with van der Waals surface area (Å²) in [6.07, 6.45) is 3.93. The lowest BCUT2D eigenvalue weighted by atomic mass is 9.67. The molecular formula is C11H19N3O3. The molecule has 0 unspecified atom stereocenters. The minimum atomic E-state index is -0.771. The van der Waals surface area contributed by atoms with Crippen molar-refractivity contribution in [3.8, 4) is 0 Å². The lowest BCUT2D eigenvalue weighted by molar-refractivity contribution is -0.132. The van der Waals surface area contributed by atoms with Crippen molar-refractivity contribution in [3.63, 3.8) is 0 Å².